The number of anilines is 1. The smallest absolute Gasteiger partial charge is 0.291 e. The number of carbonyl (C=O) groups is 1. The Bertz CT molecular complexity index is 907. The fourth-order valence-corrected chi connectivity index (χ4v) is 2.24. The number of nitro benzene ring substituents is 1. The Kier molecular flexibility index (Phi) is 3.68. The first-order valence-corrected chi connectivity index (χ1v) is 6.82. The van der Waals surface area contributed by atoms with Crippen LogP contribution in [0.4, 0.5) is 11.5 Å². The van der Waals surface area contributed by atoms with Crippen molar-refractivity contribution in [3.05, 3.63) is 70.0 Å². The highest BCUT2D eigenvalue weighted by Gasteiger charge is 2.24. The molecule has 0 atom stereocenters. The van der Waals surface area contributed by atoms with Gasteiger partial charge in [-0.05, 0) is 42.8 Å². The predicted octanol–water partition coefficient (Wildman–Crippen LogP) is 3.10. The van der Waals surface area contributed by atoms with Gasteiger partial charge in [-0.25, -0.2) is 4.98 Å². The van der Waals surface area contributed by atoms with Crippen molar-refractivity contribution in [3.63, 3.8) is 0 Å². The van der Waals surface area contributed by atoms with Crippen molar-refractivity contribution in [1.82, 2.24) is 9.97 Å². The van der Waals surface area contributed by atoms with E-state index < -0.39 is 10.8 Å². The van der Waals surface area contributed by atoms with Gasteiger partial charge in [-0.3, -0.25) is 19.9 Å². The van der Waals surface area contributed by atoms with Crippen molar-refractivity contribution in [2.24, 2.45) is 0 Å². The Hall–Kier alpha value is -3.35. The summed E-state index contributed by atoms with van der Waals surface area (Å²) in [5.74, 6) is -0.250. The quantitative estimate of drug-likeness (QED) is 0.592. The minimum absolute atomic E-state index is 0.0297. The van der Waals surface area contributed by atoms with Gasteiger partial charge in [0, 0.05) is 12.4 Å². The predicted molar refractivity (Wildman–Crippen MR) is 85.3 cm³/mol. The minimum Gasteiger partial charge on any atom is -0.306 e. The van der Waals surface area contributed by atoms with Crippen molar-refractivity contribution in [3.8, 4) is 0 Å². The van der Waals surface area contributed by atoms with Crippen molar-refractivity contribution in [2.75, 3.05) is 5.32 Å². The normalized spacial score (nSPS) is 10.5. The Labute approximate surface area is 131 Å². The molecule has 0 saturated heterocycles. The third-order valence-electron chi connectivity index (χ3n) is 3.34. The number of rotatable bonds is 3. The molecular weight excluding hydrogens is 296 g/mol. The van der Waals surface area contributed by atoms with Crippen molar-refractivity contribution in [2.45, 2.75) is 6.92 Å². The number of aryl methyl sites for hydroxylation is 1. The van der Waals surface area contributed by atoms with Gasteiger partial charge in [-0.1, -0.05) is 6.07 Å². The Morgan fingerprint density at radius 3 is 2.70 bits per heavy atom. The van der Waals surface area contributed by atoms with Gasteiger partial charge in [0.2, 0.25) is 0 Å². The maximum atomic E-state index is 12.4. The summed E-state index contributed by atoms with van der Waals surface area (Å²) >= 11 is 0. The van der Waals surface area contributed by atoms with Gasteiger partial charge < -0.3 is 5.32 Å². The van der Waals surface area contributed by atoms with Crippen LogP contribution in [0, 0.1) is 17.0 Å². The Morgan fingerprint density at radius 2 is 2.00 bits per heavy atom. The number of hydrogen-bond donors (Lipinski definition) is 1. The lowest BCUT2D eigenvalue weighted by Crippen LogP contribution is -2.15. The zero-order chi connectivity index (χ0) is 16.4. The van der Waals surface area contributed by atoms with Gasteiger partial charge >= 0.3 is 0 Å². The molecule has 1 N–H and O–H groups in total. The highest BCUT2D eigenvalue weighted by molar-refractivity contribution is 6.10. The second kappa shape index (κ2) is 5.80. The molecule has 0 unspecified atom stereocenters. The first kappa shape index (κ1) is 14.6. The average molecular weight is 308 g/mol. The molecule has 2 aromatic heterocycles. The van der Waals surface area contributed by atoms with Gasteiger partial charge in [0.25, 0.3) is 11.6 Å². The monoisotopic (exact) mass is 308 g/mol. The first-order valence-electron chi connectivity index (χ1n) is 6.82. The molecule has 0 aliphatic rings. The standard InChI is InChI=1S/C16H12N4O3/c1-10-4-7-14(18-9-10)19-16(21)12-5-6-13-11(3-2-8-17-13)15(12)20(22)23/h2-9H,1H3,(H,18,19,21). The van der Waals surface area contributed by atoms with Crippen LogP contribution in [0.2, 0.25) is 0 Å². The van der Waals surface area contributed by atoms with E-state index in [-0.39, 0.29) is 11.3 Å². The zero-order valence-corrected chi connectivity index (χ0v) is 12.2. The fraction of sp³-hybridized carbons (Fsp3) is 0.0625. The van der Waals surface area contributed by atoms with Crippen LogP contribution in [-0.2, 0) is 0 Å². The summed E-state index contributed by atoms with van der Waals surface area (Å²) in [5.41, 5.74) is 1.12. The highest BCUT2D eigenvalue weighted by atomic mass is 16.6. The Morgan fingerprint density at radius 1 is 1.17 bits per heavy atom. The maximum absolute atomic E-state index is 12.4. The molecule has 114 valence electrons. The van der Waals surface area contributed by atoms with Crippen LogP contribution in [-0.4, -0.2) is 20.8 Å². The molecule has 23 heavy (non-hydrogen) atoms. The molecule has 1 aromatic carbocycles. The maximum Gasteiger partial charge on any atom is 0.291 e. The van der Waals surface area contributed by atoms with E-state index in [2.05, 4.69) is 15.3 Å². The van der Waals surface area contributed by atoms with E-state index in [1.807, 2.05) is 6.92 Å². The lowest BCUT2D eigenvalue weighted by Gasteiger charge is -2.07. The van der Waals surface area contributed by atoms with E-state index in [0.29, 0.717) is 16.7 Å². The van der Waals surface area contributed by atoms with Crippen LogP contribution in [0.15, 0.2) is 48.8 Å². The molecule has 7 heteroatoms. The number of nitro groups is 1. The summed E-state index contributed by atoms with van der Waals surface area (Å²) in [4.78, 5) is 31.4. The lowest BCUT2D eigenvalue weighted by atomic mass is 10.1. The third kappa shape index (κ3) is 2.84. The van der Waals surface area contributed by atoms with Crippen molar-refractivity contribution < 1.29 is 9.72 Å². The van der Waals surface area contributed by atoms with Crippen LogP contribution in [0.25, 0.3) is 10.9 Å². The van der Waals surface area contributed by atoms with Gasteiger partial charge in [0.1, 0.15) is 11.4 Å². The van der Waals surface area contributed by atoms with Gasteiger partial charge in [-0.15, -0.1) is 0 Å². The first-order chi connectivity index (χ1) is 11.1. The van der Waals surface area contributed by atoms with Crippen LogP contribution in [0.5, 0.6) is 0 Å². The van der Waals surface area contributed by atoms with Gasteiger partial charge in [-0.2, -0.15) is 0 Å². The van der Waals surface area contributed by atoms with Crippen LogP contribution >= 0.6 is 0 Å². The summed E-state index contributed by atoms with van der Waals surface area (Å²) in [6.45, 7) is 1.87. The summed E-state index contributed by atoms with van der Waals surface area (Å²) < 4.78 is 0. The number of nitrogens with one attached hydrogen (secondary N) is 1. The third-order valence-corrected chi connectivity index (χ3v) is 3.34. The highest BCUT2D eigenvalue weighted by Crippen LogP contribution is 2.28. The molecule has 2 heterocycles. The molecule has 0 fully saturated rings. The number of fused-ring (bicyclic) bond motifs is 1. The molecule has 0 spiro atoms. The number of carbonyl (C=O) groups excluding carboxylic acids is 1. The molecule has 0 radical (unpaired) electrons. The SMILES string of the molecule is Cc1ccc(NC(=O)c2ccc3ncccc3c2[N+](=O)[O-])nc1. The second-order valence-corrected chi connectivity index (χ2v) is 4.96. The largest absolute Gasteiger partial charge is 0.306 e. The second-order valence-electron chi connectivity index (χ2n) is 4.96. The minimum atomic E-state index is -0.584. The van der Waals surface area contributed by atoms with Crippen LogP contribution < -0.4 is 5.32 Å². The van der Waals surface area contributed by atoms with E-state index in [9.17, 15) is 14.9 Å². The molecule has 1 amide bonds. The molecule has 0 aliphatic carbocycles. The van der Waals surface area contributed by atoms with Gasteiger partial charge in [0.05, 0.1) is 15.8 Å². The summed E-state index contributed by atoms with van der Waals surface area (Å²) in [6, 6.07) is 9.58. The summed E-state index contributed by atoms with van der Waals surface area (Å²) in [6.07, 6.45) is 3.15. The molecule has 0 saturated carbocycles. The molecule has 0 aliphatic heterocycles. The van der Waals surface area contributed by atoms with Crippen LogP contribution in [0.3, 0.4) is 0 Å². The van der Waals surface area contributed by atoms with E-state index in [1.165, 1.54) is 6.07 Å². The average Bonchev–Trinajstić information content (AvgIpc) is 2.55. The van der Waals surface area contributed by atoms with Crippen molar-refractivity contribution in [1.29, 1.82) is 0 Å². The molecule has 3 aromatic rings. The number of benzene rings is 1. The van der Waals surface area contributed by atoms with Crippen molar-refractivity contribution >= 4 is 28.3 Å². The van der Waals surface area contributed by atoms with E-state index >= 15 is 0 Å². The van der Waals surface area contributed by atoms with Crippen LogP contribution in [0.1, 0.15) is 15.9 Å². The molecule has 3 rings (SSSR count). The molecule has 7 nitrogen and oxygen atoms in total. The summed E-state index contributed by atoms with van der Waals surface area (Å²) in [5, 5.41) is 14.3. The van der Waals surface area contributed by atoms with E-state index in [4.69, 9.17) is 0 Å². The molecule has 0 bridgehead atoms. The fourth-order valence-electron chi connectivity index (χ4n) is 2.24. The van der Waals surface area contributed by atoms with E-state index in [1.54, 1.807) is 42.7 Å². The number of amides is 1. The zero-order valence-electron chi connectivity index (χ0n) is 12.2. The van der Waals surface area contributed by atoms with E-state index in [0.717, 1.165) is 5.56 Å². The van der Waals surface area contributed by atoms with Gasteiger partial charge in [0.15, 0.2) is 0 Å². The lowest BCUT2D eigenvalue weighted by molar-refractivity contribution is -0.383. The topological polar surface area (TPSA) is 98.0 Å². The number of aromatic nitrogens is 2. The number of pyridine rings is 2. The number of hydrogen-bond acceptors (Lipinski definition) is 5. The summed E-state index contributed by atoms with van der Waals surface area (Å²) in [7, 11) is 0. The Balaban J connectivity index is 2.04. The number of nitrogens with zero attached hydrogens (tertiary/aromatic N) is 3. The molecular formula is C16H12N4O3.